The van der Waals surface area contributed by atoms with Gasteiger partial charge in [-0.25, -0.2) is 4.98 Å². The van der Waals surface area contributed by atoms with E-state index in [0.717, 1.165) is 5.82 Å². The van der Waals surface area contributed by atoms with Gasteiger partial charge in [0.1, 0.15) is 5.82 Å². The van der Waals surface area contributed by atoms with Gasteiger partial charge in [0, 0.05) is 6.04 Å². The van der Waals surface area contributed by atoms with E-state index >= 15 is 0 Å². The fraction of sp³-hybridized carbons (Fsp3) is 0.444. The molecule has 0 radical (unpaired) electrons. The summed E-state index contributed by atoms with van der Waals surface area (Å²) in [6, 6.07) is 2.27. The molecular formula is C9H12ClN3. The summed E-state index contributed by atoms with van der Waals surface area (Å²) >= 11 is 5.95. The lowest BCUT2D eigenvalue weighted by Crippen LogP contribution is -2.27. The average Bonchev–Trinajstić information content (AvgIpc) is 1.99. The van der Waals surface area contributed by atoms with Gasteiger partial charge in [-0.3, -0.25) is 0 Å². The fourth-order valence-electron chi connectivity index (χ4n) is 1.30. The molecule has 1 aliphatic carbocycles. The van der Waals surface area contributed by atoms with Gasteiger partial charge in [0.25, 0.3) is 0 Å². The number of anilines is 2. The van der Waals surface area contributed by atoms with Gasteiger partial charge in [-0.05, 0) is 25.3 Å². The van der Waals surface area contributed by atoms with Crippen molar-refractivity contribution < 1.29 is 0 Å². The predicted molar refractivity (Wildman–Crippen MR) is 54.9 cm³/mol. The van der Waals surface area contributed by atoms with E-state index in [4.69, 9.17) is 17.3 Å². The highest BCUT2D eigenvalue weighted by Gasteiger charge is 2.18. The minimum absolute atomic E-state index is 0.550. The molecule has 70 valence electrons. The molecule has 0 unspecified atom stereocenters. The Balaban J connectivity index is 2.10. The lowest BCUT2D eigenvalue weighted by Gasteiger charge is -2.27. The molecule has 0 spiro atoms. The summed E-state index contributed by atoms with van der Waals surface area (Å²) in [6.45, 7) is 0. The molecule has 1 aromatic rings. The van der Waals surface area contributed by atoms with Crippen molar-refractivity contribution in [1.82, 2.24) is 4.98 Å². The van der Waals surface area contributed by atoms with Gasteiger partial charge in [0.2, 0.25) is 0 Å². The lowest BCUT2D eigenvalue weighted by atomic mass is 9.93. The minimum atomic E-state index is 0.550. The van der Waals surface area contributed by atoms with E-state index in [0.29, 0.717) is 16.8 Å². The number of nitrogens with one attached hydrogen (secondary N) is 1. The quantitative estimate of drug-likeness (QED) is 0.765. The van der Waals surface area contributed by atoms with Gasteiger partial charge in [0.15, 0.2) is 0 Å². The van der Waals surface area contributed by atoms with Crippen LogP contribution in [0.5, 0.6) is 0 Å². The Bertz CT molecular complexity index is 310. The number of halogens is 1. The number of hydrogen-bond acceptors (Lipinski definition) is 3. The number of nitrogen functional groups attached to an aromatic ring is 1. The largest absolute Gasteiger partial charge is 0.397 e. The van der Waals surface area contributed by atoms with E-state index in [1.165, 1.54) is 19.3 Å². The molecular weight excluding hydrogens is 186 g/mol. The third kappa shape index (κ3) is 1.86. The highest BCUT2D eigenvalue weighted by Crippen LogP contribution is 2.27. The monoisotopic (exact) mass is 197 g/mol. The SMILES string of the molecule is Nc1cnc(NC2CCC2)c(Cl)c1. The highest BCUT2D eigenvalue weighted by atomic mass is 35.5. The van der Waals surface area contributed by atoms with Crippen molar-refractivity contribution in [3.05, 3.63) is 17.3 Å². The molecule has 1 fully saturated rings. The Morgan fingerprint density at radius 1 is 1.54 bits per heavy atom. The van der Waals surface area contributed by atoms with Crippen molar-refractivity contribution in [3.8, 4) is 0 Å². The molecule has 0 atom stereocenters. The first-order valence-electron chi connectivity index (χ1n) is 4.43. The van der Waals surface area contributed by atoms with Gasteiger partial charge in [-0.1, -0.05) is 11.6 Å². The van der Waals surface area contributed by atoms with Crippen molar-refractivity contribution in [2.75, 3.05) is 11.1 Å². The Hall–Kier alpha value is -0.960. The Kier molecular flexibility index (Phi) is 2.27. The zero-order chi connectivity index (χ0) is 9.26. The average molecular weight is 198 g/mol. The summed E-state index contributed by atoms with van der Waals surface area (Å²) in [6.07, 6.45) is 5.34. The van der Waals surface area contributed by atoms with Gasteiger partial charge < -0.3 is 11.1 Å². The van der Waals surface area contributed by atoms with Crippen LogP contribution in [-0.2, 0) is 0 Å². The fourth-order valence-corrected chi connectivity index (χ4v) is 1.53. The van der Waals surface area contributed by atoms with E-state index in [2.05, 4.69) is 10.3 Å². The van der Waals surface area contributed by atoms with Crippen LogP contribution in [0.3, 0.4) is 0 Å². The molecule has 1 aromatic heterocycles. The Labute approximate surface area is 82.3 Å². The standard InChI is InChI=1S/C9H12ClN3/c10-8-4-6(11)5-12-9(8)13-7-2-1-3-7/h4-5,7H,1-3,11H2,(H,12,13). The van der Waals surface area contributed by atoms with Crippen molar-refractivity contribution in [1.29, 1.82) is 0 Å². The van der Waals surface area contributed by atoms with E-state index in [1.807, 2.05) is 0 Å². The number of rotatable bonds is 2. The minimum Gasteiger partial charge on any atom is -0.397 e. The molecule has 0 aliphatic heterocycles. The van der Waals surface area contributed by atoms with E-state index in [9.17, 15) is 0 Å². The Morgan fingerprint density at radius 2 is 2.31 bits per heavy atom. The van der Waals surface area contributed by atoms with Gasteiger partial charge in [0.05, 0.1) is 16.9 Å². The van der Waals surface area contributed by atoms with Crippen LogP contribution in [0.25, 0.3) is 0 Å². The third-order valence-electron chi connectivity index (χ3n) is 2.31. The maximum Gasteiger partial charge on any atom is 0.145 e. The predicted octanol–water partition coefficient (Wildman–Crippen LogP) is 2.28. The first-order valence-corrected chi connectivity index (χ1v) is 4.81. The summed E-state index contributed by atoms with van der Waals surface area (Å²) in [4.78, 5) is 4.13. The number of hydrogen-bond donors (Lipinski definition) is 2. The second-order valence-electron chi connectivity index (χ2n) is 3.37. The summed E-state index contributed by atoms with van der Waals surface area (Å²) in [7, 11) is 0. The van der Waals surface area contributed by atoms with Crippen LogP contribution in [-0.4, -0.2) is 11.0 Å². The van der Waals surface area contributed by atoms with E-state index < -0.39 is 0 Å². The summed E-state index contributed by atoms with van der Waals surface area (Å²) in [5.41, 5.74) is 6.13. The molecule has 13 heavy (non-hydrogen) atoms. The lowest BCUT2D eigenvalue weighted by molar-refractivity contribution is 0.444. The van der Waals surface area contributed by atoms with Gasteiger partial charge >= 0.3 is 0 Å². The molecule has 3 nitrogen and oxygen atoms in total. The van der Waals surface area contributed by atoms with E-state index in [-0.39, 0.29) is 0 Å². The molecule has 0 aromatic carbocycles. The number of nitrogens with two attached hydrogens (primary N) is 1. The maximum absolute atomic E-state index is 5.95. The first kappa shape index (κ1) is 8.63. The van der Waals surface area contributed by atoms with E-state index in [1.54, 1.807) is 12.3 Å². The highest BCUT2D eigenvalue weighted by molar-refractivity contribution is 6.33. The van der Waals surface area contributed by atoms with Crippen LogP contribution < -0.4 is 11.1 Å². The van der Waals surface area contributed by atoms with Gasteiger partial charge in [-0.2, -0.15) is 0 Å². The first-order chi connectivity index (χ1) is 6.25. The second kappa shape index (κ2) is 3.42. The topological polar surface area (TPSA) is 50.9 Å². The molecule has 0 saturated heterocycles. The second-order valence-corrected chi connectivity index (χ2v) is 3.78. The number of pyridine rings is 1. The van der Waals surface area contributed by atoms with Crippen LogP contribution in [0.4, 0.5) is 11.5 Å². The molecule has 0 bridgehead atoms. The van der Waals surface area contributed by atoms with Crippen molar-refractivity contribution in [2.45, 2.75) is 25.3 Å². The molecule has 1 aliphatic rings. The zero-order valence-corrected chi connectivity index (χ0v) is 8.01. The summed E-state index contributed by atoms with van der Waals surface area (Å²) in [5, 5.41) is 3.88. The molecule has 2 rings (SSSR count). The van der Waals surface area contributed by atoms with Crippen LogP contribution in [0.2, 0.25) is 5.02 Å². The molecule has 1 heterocycles. The number of nitrogens with zero attached hydrogens (tertiary/aromatic N) is 1. The van der Waals surface area contributed by atoms with Crippen LogP contribution >= 0.6 is 11.6 Å². The smallest absolute Gasteiger partial charge is 0.145 e. The maximum atomic E-state index is 5.95. The molecule has 1 saturated carbocycles. The van der Waals surface area contributed by atoms with Crippen molar-refractivity contribution >= 4 is 23.1 Å². The molecule has 4 heteroatoms. The van der Waals surface area contributed by atoms with Crippen molar-refractivity contribution in [2.24, 2.45) is 0 Å². The molecule has 0 amide bonds. The normalized spacial score (nSPS) is 16.7. The summed E-state index contributed by atoms with van der Waals surface area (Å²) in [5.74, 6) is 0.751. The van der Waals surface area contributed by atoms with Crippen molar-refractivity contribution in [3.63, 3.8) is 0 Å². The molecule has 3 N–H and O–H groups in total. The van der Waals surface area contributed by atoms with Crippen LogP contribution in [0, 0.1) is 0 Å². The zero-order valence-electron chi connectivity index (χ0n) is 7.26. The third-order valence-corrected chi connectivity index (χ3v) is 2.60. The van der Waals surface area contributed by atoms with Crippen LogP contribution in [0.15, 0.2) is 12.3 Å². The summed E-state index contributed by atoms with van der Waals surface area (Å²) < 4.78 is 0. The van der Waals surface area contributed by atoms with Crippen LogP contribution in [0.1, 0.15) is 19.3 Å². The number of aromatic nitrogens is 1. The van der Waals surface area contributed by atoms with Gasteiger partial charge in [-0.15, -0.1) is 0 Å². The Morgan fingerprint density at radius 3 is 2.85 bits per heavy atom.